The van der Waals surface area contributed by atoms with Crippen molar-refractivity contribution in [2.75, 3.05) is 0 Å². The van der Waals surface area contributed by atoms with E-state index in [1.54, 1.807) is 6.20 Å². The number of rotatable bonds is 1. The Labute approximate surface area is 80.0 Å². The summed E-state index contributed by atoms with van der Waals surface area (Å²) in [5.41, 5.74) is 2.81. The van der Waals surface area contributed by atoms with Crippen LogP contribution in [0.15, 0.2) is 36.5 Å². The first kappa shape index (κ1) is 7.32. The number of aromatic nitrogens is 4. The van der Waals surface area contributed by atoms with Gasteiger partial charge in [-0.15, -0.1) is 0 Å². The van der Waals surface area contributed by atoms with Crippen molar-refractivity contribution in [3.63, 3.8) is 0 Å². The van der Waals surface area contributed by atoms with Crippen molar-refractivity contribution in [1.82, 2.24) is 20.2 Å². The average Bonchev–Trinajstić information content (AvgIpc) is 2.78. The zero-order chi connectivity index (χ0) is 9.38. The van der Waals surface area contributed by atoms with Crippen LogP contribution in [0.1, 0.15) is 0 Å². The van der Waals surface area contributed by atoms with Crippen LogP contribution < -0.4 is 0 Å². The van der Waals surface area contributed by atoms with Gasteiger partial charge in [0.05, 0.1) is 6.20 Å². The molecule has 0 saturated heterocycles. The molecule has 4 heteroatoms. The third kappa shape index (κ3) is 1.01. The molecule has 68 valence electrons. The summed E-state index contributed by atoms with van der Waals surface area (Å²) in [5.74, 6) is 0.870. The second-order valence-corrected chi connectivity index (χ2v) is 3.08. The molecule has 0 spiro atoms. The van der Waals surface area contributed by atoms with Gasteiger partial charge in [-0.3, -0.25) is 5.10 Å². The molecular formula is C10H8N4. The van der Waals surface area contributed by atoms with Crippen LogP contribution in [0.4, 0.5) is 0 Å². The Hall–Kier alpha value is -2.10. The summed E-state index contributed by atoms with van der Waals surface area (Å²) in [6.45, 7) is 0. The Kier molecular flexibility index (Phi) is 1.41. The first-order valence-electron chi connectivity index (χ1n) is 4.38. The smallest absolute Gasteiger partial charge is 0.174 e. The van der Waals surface area contributed by atoms with Gasteiger partial charge in [0.25, 0.3) is 0 Å². The lowest BCUT2D eigenvalue weighted by Gasteiger charge is -1.93. The van der Waals surface area contributed by atoms with Crippen LogP contribution in [0, 0.1) is 0 Å². The summed E-state index contributed by atoms with van der Waals surface area (Å²) in [5, 5.41) is 6.69. The number of hydrogen-bond acceptors (Lipinski definition) is 2. The Bertz CT molecular complexity index is 521. The molecule has 0 radical (unpaired) electrons. The van der Waals surface area contributed by atoms with E-state index in [4.69, 9.17) is 0 Å². The second kappa shape index (κ2) is 2.70. The first-order valence-corrected chi connectivity index (χ1v) is 4.38. The molecule has 0 atom stereocenters. The Morgan fingerprint density at radius 2 is 1.93 bits per heavy atom. The molecule has 3 rings (SSSR count). The molecule has 3 aromatic rings. The van der Waals surface area contributed by atoms with Gasteiger partial charge in [-0.2, -0.15) is 5.10 Å². The van der Waals surface area contributed by atoms with Gasteiger partial charge in [-0.25, -0.2) is 4.98 Å². The highest BCUT2D eigenvalue weighted by molar-refractivity contribution is 5.74. The standard InChI is InChI=1S/C10H8N4/c1-2-4-7(5-3-1)9-12-8-6-11-14-10(8)13-9/h1-6H,(H2,11,12,13,14). The molecule has 0 aliphatic heterocycles. The van der Waals surface area contributed by atoms with Gasteiger partial charge < -0.3 is 4.98 Å². The Balaban J connectivity index is 2.19. The molecule has 2 heterocycles. The number of nitrogens with one attached hydrogen (secondary N) is 2. The Morgan fingerprint density at radius 3 is 2.71 bits per heavy atom. The van der Waals surface area contributed by atoms with Crippen LogP contribution in [0.25, 0.3) is 22.6 Å². The second-order valence-electron chi connectivity index (χ2n) is 3.08. The fourth-order valence-electron chi connectivity index (χ4n) is 1.46. The van der Waals surface area contributed by atoms with Crippen molar-refractivity contribution >= 4 is 11.2 Å². The molecule has 0 amide bonds. The number of imidazole rings is 1. The van der Waals surface area contributed by atoms with Gasteiger partial charge in [0.15, 0.2) is 5.65 Å². The van der Waals surface area contributed by atoms with E-state index in [1.807, 2.05) is 30.3 Å². The van der Waals surface area contributed by atoms with Gasteiger partial charge in [-0.1, -0.05) is 30.3 Å². The molecule has 0 saturated carbocycles. The zero-order valence-corrected chi connectivity index (χ0v) is 7.36. The molecule has 0 fully saturated rings. The highest BCUT2D eigenvalue weighted by Gasteiger charge is 2.04. The SMILES string of the molecule is c1ccc(-c2nc3[nH]ncc3[nH]2)cc1. The van der Waals surface area contributed by atoms with Gasteiger partial charge in [0.2, 0.25) is 0 Å². The van der Waals surface area contributed by atoms with Gasteiger partial charge in [-0.05, 0) is 0 Å². The molecule has 2 N–H and O–H groups in total. The fourth-order valence-corrected chi connectivity index (χ4v) is 1.46. The van der Waals surface area contributed by atoms with Gasteiger partial charge in [0, 0.05) is 5.56 Å². The van der Waals surface area contributed by atoms with Crippen LogP contribution in [0.2, 0.25) is 0 Å². The van der Waals surface area contributed by atoms with Crippen molar-refractivity contribution < 1.29 is 0 Å². The summed E-state index contributed by atoms with van der Waals surface area (Å²) < 4.78 is 0. The quantitative estimate of drug-likeness (QED) is 0.607. The third-order valence-electron chi connectivity index (χ3n) is 2.14. The summed E-state index contributed by atoms with van der Waals surface area (Å²) >= 11 is 0. The molecule has 1 aromatic carbocycles. The Morgan fingerprint density at radius 1 is 1.07 bits per heavy atom. The van der Waals surface area contributed by atoms with Crippen LogP contribution >= 0.6 is 0 Å². The monoisotopic (exact) mass is 184 g/mol. The predicted molar refractivity (Wildman–Crippen MR) is 53.7 cm³/mol. The summed E-state index contributed by atoms with van der Waals surface area (Å²) in [7, 11) is 0. The van der Waals surface area contributed by atoms with E-state index in [2.05, 4.69) is 20.2 Å². The number of benzene rings is 1. The molecule has 0 aliphatic carbocycles. The molecule has 0 bridgehead atoms. The van der Waals surface area contributed by atoms with E-state index in [0.717, 1.165) is 22.6 Å². The lowest BCUT2D eigenvalue weighted by atomic mass is 10.2. The lowest BCUT2D eigenvalue weighted by Crippen LogP contribution is -1.79. The lowest BCUT2D eigenvalue weighted by molar-refractivity contribution is 1.09. The van der Waals surface area contributed by atoms with E-state index < -0.39 is 0 Å². The third-order valence-corrected chi connectivity index (χ3v) is 2.14. The van der Waals surface area contributed by atoms with Crippen LogP contribution in [0.3, 0.4) is 0 Å². The van der Waals surface area contributed by atoms with E-state index in [9.17, 15) is 0 Å². The molecular weight excluding hydrogens is 176 g/mol. The van der Waals surface area contributed by atoms with Crippen LogP contribution in [-0.2, 0) is 0 Å². The van der Waals surface area contributed by atoms with E-state index >= 15 is 0 Å². The minimum atomic E-state index is 0.795. The summed E-state index contributed by atoms with van der Waals surface area (Å²) in [4.78, 5) is 7.56. The van der Waals surface area contributed by atoms with Gasteiger partial charge in [0.1, 0.15) is 11.3 Å². The molecule has 0 unspecified atom stereocenters. The van der Waals surface area contributed by atoms with Crippen LogP contribution in [0.5, 0.6) is 0 Å². The van der Waals surface area contributed by atoms with Crippen molar-refractivity contribution in [2.24, 2.45) is 0 Å². The highest BCUT2D eigenvalue weighted by Crippen LogP contribution is 2.17. The van der Waals surface area contributed by atoms with Crippen molar-refractivity contribution in [3.8, 4) is 11.4 Å². The van der Waals surface area contributed by atoms with Crippen molar-refractivity contribution in [1.29, 1.82) is 0 Å². The largest absolute Gasteiger partial charge is 0.335 e. The maximum Gasteiger partial charge on any atom is 0.174 e. The number of H-pyrrole nitrogens is 2. The van der Waals surface area contributed by atoms with E-state index in [-0.39, 0.29) is 0 Å². The number of fused-ring (bicyclic) bond motifs is 1. The minimum absolute atomic E-state index is 0.795. The maximum absolute atomic E-state index is 4.37. The zero-order valence-electron chi connectivity index (χ0n) is 7.36. The maximum atomic E-state index is 4.37. The van der Waals surface area contributed by atoms with Crippen molar-refractivity contribution in [2.45, 2.75) is 0 Å². The minimum Gasteiger partial charge on any atom is -0.335 e. The van der Waals surface area contributed by atoms with E-state index in [1.165, 1.54) is 0 Å². The number of aromatic amines is 2. The normalized spacial score (nSPS) is 10.9. The molecule has 2 aromatic heterocycles. The van der Waals surface area contributed by atoms with Crippen LogP contribution in [-0.4, -0.2) is 20.2 Å². The topological polar surface area (TPSA) is 57.4 Å². The highest BCUT2D eigenvalue weighted by atomic mass is 15.2. The number of nitrogens with zero attached hydrogens (tertiary/aromatic N) is 2. The van der Waals surface area contributed by atoms with Gasteiger partial charge >= 0.3 is 0 Å². The summed E-state index contributed by atoms with van der Waals surface area (Å²) in [6.07, 6.45) is 1.73. The van der Waals surface area contributed by atoms with Crippen molar-refractivity contribution in [3.05, 3.63) is 36.5 Å². The fraction of sp³-hybridized carbons (Fsp3) is 0. The number of hydrogen-bond donors (Lipinski definition) is 2. The molecule has 4 nitrogen and oxygen atoms in total. The molecule has 14 heavy (non-hydrogen) atoms. The van der Waals surface area contributed by atoms with E-state index in [0.29, 0.717) is 0 Å². The predicted octanol–water partition coefficient (Wildman–Crippen LogP) is 1.95. The average molecular weight is 184 g/mol. The first-order chi connectivity index (χ1) is 6.93. The molecule has 0 aliphatic rings. The summed E-state index contributed by atoms with van der Waals surface area (Å²) in [6, 6.07) is 10.0.